The van der Waals surface area contributed by atoms with Crippen molar-refractivity contribution < 1.29 is 34.8 Å². The zero-order chi connectivity index (χ0) is 33.3. The molecule has 0 saturated carbocycles. The molecule has 2 aliphatic heterocycles. The third-order valence-corrected chi connectivity index (χ3v) is 11.0. The van der Waals surface area contributed by atoms with E-state index in [1.54, 1.807) is 16.9 Å². The van der Waals surface area contributed by atoms with Crippen LogP contribution in [-0.4, -0.2) is 79.0 Å². The number of carbonyl (C=O) groups is 1. The van der Waals surface area contributed by atoms with Crippen LogP contribution in [0.4, 0.5) is 24.5 Å². The number of hydrogen-bond acceptors (Lipinski definition) is 9. The number of halogens is 4. The summed E-state index contributed by atoms with van der Waals surface area (Å²) in [6.07, 6.45) is 0.944. The topological polar surface area (TPSA) is 142 Å². The van der Waals surface area contributed by atoms with Crippen molar-refractivity contribution >= 4 is 54.3 Å². The number of carbonyl (C=O) groups excluding carboxylic acids is 1. The average Bonchev–Trinajstić information content (AvgIpc) is 3.01. The van der Waals surface area contributed by atoms with Crippen LogP contribution in [0.25, 0.3) is 5.57 Å². The fraction of sp³-hybridized carbons (Fsp3) is 0.300. The zero-order valence-electron chi connectivity index (χ0n) is 24.3. The lowest BCUT2D eigenvalue weighted by Gasteiger charge is -2.37. The lowest BCUT2D eigenvalue weighted by molar-refractivity contribution is -0.0435. The van der Waals surface area contributed by atoms with Gasteiger partial charge in [0.25, 0.3) is 25.8 Å². The summed E-state index contributed by atoms with van der Waals surface area (Å²) in [5.41, 5.74) is 3.60. The zero-order valence-corrected chi connectivity index (χ0v) is 26.7. The van der Waals surface area contributed by atoms with Crippen LogP contribution in [0.1, 0.15) is 22.3 Å². The average molecular weight is 698 g/mol. The molecular weight excluding hydrogens is 667 g/mol. The number of benzene rings is 3. The van der Waals surface area contributed by atoms with Gasteiger partial charge in [-0.2, -0.15) is 13.2 Å². The van der Waals surface area contributed by atoms with Crippen molar-refractivity contribution in [2.24, 2.45) is 0 Å². The smallest absolute Gasteiger partial charge is 0.398 e. The second-order valence-corrected chi connectivity index (χ2v) is 14.9. The second-order valence-electron chi connectivity index (χ2n) is 10.9. The Kier molecular flexibility index (Phi) is 9.70. The predicted molar refractivity (Wildman–Crippen MR) is 170 cm³/mol. The number of anilines is 2. The van der Waals surface area contributed by atoms with Gasteiger partial charge in [0.15, 0.2) is 0 Å². The third-order valence-electron chi connectivity index (χ3n) is 7.91. The van der Waals surface area contributed by atoms with E-state index >= 15 is 0 Å². The maximum Gasteiger partial charge on any atom is 0.501 e. The van der Waals surface area contributed by atoms with Crippen LogP contribution in [0.15, 0.2) is 82.1 Å². The van der Waals surface area contributed by atoms with Crippen molar-refractivity contribution in [3.05, 3.63) is 88.5 Å². The minimum Gasteiger partial charge on any atom is -0.398 e. The van der Waals surface area contributed by atoms with Crippen LogP contribution in [0.3, 0.4) is 0 Å². The molecule has 1 saturated heterocycles. The van der Waals surface area contributed by atoms with Gasteiger partial charge < -0.3 is 16.0 Å². The molecule has 16 heteroatoms. The molecule has 3 aromatic carbocycles. The summed E-state index contributed by atoms with van der Waals surface area (Å²) >= 11 is 6.08. The van der Waals surface area contributed by atoms with E-state index < -0.39 is 46.8 Å². The van der Waals surface area contributed by atoms with Crippen LogP contribution in [0.2, 0.25) is 5.02 Å². The Morgan fingerprint density at radius 2 is 1.59 bits per heavy atom. The van der Waals surface area contributed by atoms with Gasteiger partial charge in [-0.25, -0.2) is 21.6 Å². The summed E-state index contributed by atoms with van der Waals surface area (Å²) < 4.78 is 90.2. The Labute approximate surface area is 270 Å². The highest BCUT2D eigenvalue weighted by Crippen LogP contribution is 2.34. The molecule has 0 radical (unpaired) electrons. The second kappa shape index (κ2) is 13.2. The van der Waals surface area contributed by atoms with Crippen molar-refractivity contribution in [1.29, 1.82) is 0 Å². The van der Waals surface area contributed by atoms with Crippen LogP contribution in [0.5, 0.6) is 0 Å². The fourth-order valence-corrected chi connectivity index (χ4v) is 7.53. The van der Waals surface area contributed by atoms with E-state index in [0.29, 0.717) is 11.1 Å². The molecule has 1 fully saturated rings. The van der Waals surface area contributed by atoms with Crippen molar-refractivity contribution in [2.45, 2.75) is 21.7 Å². The molecular formula is C30H31ClF3N5O5S2. The van der Waals surface area contributed by atoms with Crippen molar-refractivity contribution in [2.75, 3.05) is 56.4 Å². The molecule has 2 heterocycles. The molecule has 46 heavy (non-hydrogen) atoms. The Bertz CT molecular complexity index is 1860. The summed E-state index contributed by atoms with van der Waals surface area (Å²) in [5.74, 6) is -1.04. The molecule has 0 atom stereocenters. The highest BCUT2D eigenvalue weighted by Gasteiger charge is 2.48. The van der Waals surface area contributed by atoms with Gasteiger partial charge in [0.1, 0.15) is 4.90 Å². The monoisotopic (exact) mass is 697 g/mol. The first kappa shape index (κ1) is 33.7. The Morgan fingerprint density at radius 3 is 2.22 bits per heavy atom. The maximum absolute atomic E-state index is 13.0. The first-order valence-corrected chi connectivity index (χ1v) is 17.5. The first-order valence-electron chi connectivity index (χ1n) is 14.2. The molecule has 10 nitrogen and oxygen atoms in total. The Morgan fingerprint density at radius 1 is 0.935 bits per heavy atom. The molecule has 0 aromatic heterocycles. The van der Waals surface area contributed by atoms with E-state index in [0.717, 1.165) is 64.0 Å². The molecule has 4 N–H and O–H groups in total. The minimum atomic E-state index is -5.93. The maximum atomic E-state index is 13.0. The normalized spacial score (nSPS) is 16.8. The Balaban J connectivity index is 1.21. The number of sulfonamides is 1. The molecule has 3 aromatic rings. The molecule has 0 aliphatic carbocycles. The minimum absolute atomic E-state index is 0.0176. The summed E-state index contributed by atoms with van der Waals surface area (Å²) in [4.78, 5) is 15.0. The lowest BCUT2D eigenvalue weighted by Crippen LogP contribution is -2.47. The van der Waals surface area contributed by atoms with Crippen LogP contribution >= 0.6 is 11.6 Å². The van der Waals surface area contributed by atoms with Crippen LogP contribution in [-0.2, 0) is 19.9 Å². The van der Waals surface area contributed by atoms with E-state index in [1.807, 2.05) is 12.1 Å². The molecule has 0 unspecified atom stereocenters. The molecule has 5 rings (SSSR count). The molecule has 0 spiro atoms. The number of nitrogen functional groups attached to an aromatic ring is 1. The number of sulfone groups is 1. The van der Waals surface area contributed by atoms with Crippen LogP contribution < -0.4 is 20.7 Å². The molecule has 0 bridgehead atoms. The van der Waals surface area contributed by atoms with Crippen LogP contribution in [0, 0.1) is 0 Å². The van der Waals surface area contributed by atoms with Gasteiger partial charge in [0.2, 0.25) is 0 Å². The quantitative estimate of drug-likeness (QED) is 0.299. The van der Waals surface area contributed by atoms with Crippen molar-refractivity contribution in [1.82, 2.24) is 14.9 Å². The van der Waals surface area contributed by atoms with E-state index in [2.05, 4.69) is 27.2 Å². The third kappa shape index (κ3) is 7.33. The summed E-state index contributed by atoms with van der Waals surface area (Å²) in [6, 6.07) is 16.0. The van der Waals surface area contributed by atoms with E-state index in [9.17, 15) is 34.8 Å². The number of nitrogens with zero attached hydrogens (tertiary/aromatic N) is 2. The number of piperazine rings is 1. The summed E-state index contributed by atoms with van der Waals surface area (Å²) in [7, 11) is -10.7. The predicted octanol–water partition coefficient (Wildman–Crippen LogP) is 3.90. The number of alkyl halides is 3. The number of nitrogens with two attached hydrogens (primary N) is 1. The summed E-state index contributed by atoms with van der Waals surface area (Å²) in [5, 5.41) is 4.16. The van der Waals surface area contributed by atoms with Gasteiger partial charge in [-0.1, -0.05) is 23.7 Å². The van der Waals surface area contributed by atoms with Gasteiger partial charge in [0, 0.05) is 55.5 Å². The highest BCUT2D eigenvalue weighted by atomic mass is 35.5. The van der Waals surface area contributed by atoms with Gasteiger partial charge in [-0.3, -0.25) is 9.69 Å². The highest BCUT2D eigenvalue weighted by molar-refractivity contribution is 7.92. The number of amides is 1. The fourth-order valence-electron chi connectivity index (χ4n) is 5.42. The standard InChI is InChI=1S/C30H31ClF3N5O5S2/c31-23-5-1-20(2-6-23)26-11-12-36-18-22(26)19-38-13-15-39(16-14-38)24-7-3-21(4-8-24)29(40)37-46(43,44)25-9-10-27(35)28(17-25)45(41,42)30(32,33)34/h1-10,17,36H,11-16,18-19,35H2,(H,37,40). The van der Waals surface area contributed by atoms with E-state index in [-0.39, 0.29) is 11.6 Å². The SMILES string of the molecule is Nc1ccc(S(=O)(=O)NC(=O)c2ccc(N3CCN(CC4=C(c5ccc(Cl)cc5)CCNC4)CC3)cc2)cc1S(=O)(=O)C(F)(F)F. The number of nitrogens with one attached hydrogen (secondary N) is 2. The van der Waals surface area contributed by atoms with Gasteiger partial charge in [-0.15, -0.1) is 0 Å². The molecule has 1 amide bonds. The first-order chi connectivity index (χ1) is 21.7. The van der Waals surface area contributed by atoms with Crippen molar-refractivity contribution in [3.8, 4) is 0 Å². The molecule has 246 valence electrons. The molecule has 2 aliphatic rings. The van der Waals surface area contributed by atoms with Gasteiger partial charge in [-0.05, 0) is 84.3 Å². The van der Waals surface area contributed by atoms with E-state index in [4.69, 9.17) is 17.3 Å². The van der Waals surface area contributed by atoms with Gasteiger partial charge in [0.05, 0.1) is 10.6 Å². The number of rotatable bonds is 8. The Hall–Kier alpha value is -3.63. The number of hydrogen-bond donors (Lipinski definition) is 3. The van der Waals surface area contributed by atoms with Crippen molar-refractivity contribution in [3.63, 3.8) is 0 Å². The lowest BCUT2D eigenvalue weighted by atomic mass is 9.94. The van der Waals surface area contributed by atoms with E-state index in [1.165, 1.54) is 28.8 Å². The van der Waals surface area contributed by atoms with Gasteiger partial charge >= 0.3 is 5.51 Å². The summed E-state index contributed by atoms with van der Waals surface area (Å²) in [6.45, 7) is 5.67. The largest absolute Gasteiger partial charge is 0.501 e.